The minimum absolute atomic E-state index is 0.0486. The molecule has 2 aromatic heterocycles. The highest BCUT2D eigenvalue weighted by Crippen LogP contribution is 2.37. The van der Waals surface area contributed by atoms with E-state index >= 15 is 0 Å². The fraction of sp³-hybridized carbons (Fsp3) is 0.333. The van der Waals surface area contributed by atoms with Gasteiger partial charge in [0.15, 0.2) is 5.82 Å². The molecule has 0 unspecified atom stereocenters. The lowest BCUT2D eigenvalue weighted by Gasteiger charge is -2.18. The van der Waals surface area contributed by atoms with Gasteiger partial charge in [0.05, 0.1) is 14.4 Å². The average molecular weight is 411 g/mol. The highest BCUT2D eigenvalue weighted by Gasteiger charge is 2.19. The summed E-state index contributed by atoms with van der Waals surface area (Å²) in [5, 5.41) is 0.477. The van der Waals surface area contributed by atoms with Gasteiger partial charge >= 0.3 is 0 Å². The molecule has 6 heteroatoms. The molecule has 2 aromatic rings. The molecule has 2 heterocycles. The third-order valence-corrected chi connectivity index (χ3v) is 5.77. The maximum atomic E-state index is 6.08. The van der Waals surface area contributed by atoms with Gasteiger partial charge < -0.3 is 0 Å². The van der Waals surface area contributed by atoms with Gasteiger partial charge in [-0.05, 0) is 44.0 Å². The summed E-state index contributed by atoms with van der Waals surface area (Å²) < 4.78 is 2.03. The van der Waals surface area contributed by atoms with Crippen molar-refractivity contribution >= 4 is 54.8 Å². The van der Waals surface area contributed by atoms with E-state index in [1.54, 1.807) is 11.3 Å². The van der Waals surface area contributed by atoms with Crippen molar-refractivity contribution in [1.29, 1.82) is 0 Å². The monoisotopic (exact) mass is 408 g/mol. The zero-order chi connectivity index (χ0) is 13.5. The van der Waals surface area contributed by atoms with Crippen LogP contribution >= 0.6 is 54.8 Å². The van der Waals surface area contributed by atoms with E-state index in [0.29, 0.717) is 11.0 Å². The highest BCUT2D eigenvalue weighted by molar-refractivity contribution is 9.13. The predicted molar refractivity (Wildman–Crippen MR) is 84.5 cm³/mol. The second-order valence-corrected chi connectivity index (χ2v) is 8.49. The normalized spacial score (nSPS) is 11.9. The van der Waals surface area contributed by atoms with Crippen LogP contribution in [0.2, 0.25) is 5.15 Å². The Hall–Kier alpha value is 0.0300. The first-order chi connectivity index (χ1) is 8.27. The summed E-state index contributed by atoms with van der Waals surface area (Å²) in [6, 6.07) is 3.82. The smallest absolute Gasteiger partial charge is 0.171 e. The lowest BCUT2D eigenvalue weighted by molar-refractivity contribution is 0.568. The summed E-state index contributed by atoms with van der Waals surface area (Å²) >= 11 is 14.6. The summed E-state index contributed by atoms with van der Waals surface area (Å²) in [4.78, 5) is 9.89. The molecule has 0 aliphatic rings. The molecule has 0 saturated carbocycles. The molecule has 0 atom stereocenters. The molecule has 0 spiro atoms. The van der Waals surface area contributed by atoms with Gasteiger partial charge in [0.2, 0.25) is 0 Å². The van der Waals surface area contributed by atoms with Crippen LogP contribution in [0.4, 0.5) is 0 Å². The molecule has 0 radical (unpaired) electrons. The zero-order valence-electron chi connectivity index (χ0n) is 10.1. The van der Waals surface area contributed by atoms with Crippen LogP contribution < -0.4 is 0 Å². The molecule has 0 aliphatic heterocycles. The van der Waals surface area contributed by atoms with E-state index in [1.807, 2.05) is 12.1 Å². The van der Waals surface area contributed by atoms with Gasteiger partial charge in [-0.15, -0.1) is 11.3 Å². The van der Waals surface area contributed by atoms with Crippen molar-refractivity contribution in [1.82, 2.24) is 9.97 Å². The fourth-order valence-electron chi connectivity index (χ4n) is 1.37. The maximum absolute atomic E-state index is 6.08. The van der Waals surface area contributed by atoms with E-state index in [1.165, 1.54) is 0 Å². The Morgan fingerprint density at radius 1 is 1.17 bits per heavy atom. The minimum Gasteiger partial charge on any atom is -0.232 e. The van der Waals surface area contributed by atoms with Crippen molar-refractivity contribution in [2.24, 2.45) is 0 Å². The molecule has 18 heavy (non-hydrogen) atoms. The van der Waals surface area contributed by atoms with Crippen LogP contribution in [0.15, 0.2) is 20.4 Å². The Bertz CT molecular complexity index is 571. The molecule has 0 bridgehead atoms. The van der Waals surface area contributed by atoms with Crippen molar-refractivity contribution in [3.8, 4) is 10.7 Å². The summed E-state index contributed by atoms with van der Waals surface area (Å²) in [5.41, 5.74) is 0.894. The van der Waals surface area contributed by atoms with E-state index in [9.17, 15) is 0 Å². The molecule has 0 aliphatic carbocycles. The van der Waals surface area contributed by atoms with Gasteiger partial charge in [-0.25, -0.2) is 9.97 Å². The molecular weight excluding hydrogens is 399 g/mol. The largest absolute Gasteiger partial charge is 0.232 e. The van der Waals surface area contributed by atoms with Crippen molar-refractivity contribution in [2.45, 2.75) is 26.2 Å². The van der Waals surface area contributed by atoms with Crippen LogP contribution in [0.5, 0.6) is 0 Å². The first kappa shape index (κ1) is 14.4. The SMILES string of the molecule is CC(C)(C)c1cc(Cl)nc(-c2cc(Br)c(Br)s2)n1. The lowest BCUT2D eigenvalue weighted by Crippen LogP contribution is -2.14. The van der Waals surface area contributed by atoms with Crippen LogP contribution in [0.3, 0.4) is 0 Å². The Kier molecular flexibility index (Phi) is 4.17. The third kappa shape index (κ3) is 3.13. The van der Waals surface area contributed by atoms with Crippen molar-refractivity contribution in [3.63, 3.8) is 0 Å². The van der Waals surface area contributed by atoms with Gasteiger partial charge in [0, 0.05) is 9.89 Å². The first-order valence-corrected chi connectivity index (χ1v) is 8.05. The number of hydrogen-bond donors (Lipinski definition) is 0. The molecule has 2 rings (SSSR count). The first-order valence-electron chi connectivity index (χ1n) is 5.27. The number of aromatic nitrogens is 2. The number of nitrogens with zero attached hydrogens (tertiary/aromatic N) is 2. The fourth-order valence-corrected chi connectivity index (χ4v) is 3.52. The van der Waals surface area contributed by atoms with Crippen LogP contribution in [0, 0.1) is 0 Å². The van der Waals surface area contributed by atoms with E-state index < -0.39 is 0 Å². The van der Waals surface area contributed by atoms with Gasteiger partial charge in [0.25, 0.3) is 0 Å². The second kappa shape index (κ2) is 5.19. The Morgan fingerprint density at radius 2 is 1.83 bits per heavy atom. The molecule has 0 saturated heterocycles. The van der Waals surface area contributed by atoms with Crippen molar-refractivity contribution < 1.29 is 0 Å². The Morgan fingerprint density at radius 3 is 2.33 bits per heavy atom. The standard InChI is InChI=1S/C12H11Br2ClN2S/c1-12(2,3)8-5-9(15)17-11(16-8)7-4-6(13)10(14)18-7/h4-5H,1-3H3. The second-order valence-electron chi connectivity index (χ2n) is 4.88. The predicted octanol–water partition coefficient (Wildman–Crippen LogP) is 5.68. The van der Waals surface area contributed by atoms with Crippen LogP contribution in [-0.4, -0.2) is 9.97 Å². The van der Waals surface area contributed by atoms with E-state index in [-0.39, 0.29) is 5.41 Å². The summed E-state index contributed by atoms with van der Waals surface area (Å²) in [7, 11) is 0. The average Bonchev–Trinajstić information content (AvgIpc) is 2.57. The van der Waals surface area contributed by atoms with E-state index in [0.717, 1.165) is 18.8 Å². The molecule has 0 N–H and O–H groups in total. The Labute approximate surface area is 132 Å². The Balaban J connectivity index is 2.55. The number of hydrogen-bond acceptors (Lipinski definition) is 3. The van der Waals surface area contributed by atoms with Gasteiger partial charge in [-0.1, -0.05) is 32.4 Å². The number of rotatable bonds is 1. The van der Waals surface area contributed by atoms with E-state index in [4.69, 9.17) is 11.6 Å². The summed E-state index contributed by atoms with van der Waals surface area (Å²) in [6.07, 6.45) is 0. The maximum Gasteiger partial charge on any atom is 0.171 e. The lowest BCUT2D eigenvalue weighted by atomic mass is 9.92. The number of thiophene rings is 1. The molecule has 0 fully saturated rings. The highest BCUT2D eigenvalue weighted by atomic mass is 79.9. The van der Waals surface area contributed by atoms with Crippen LogP contribution in [0.1, 0.15) is 26.5 Å². The molecule has 0 amide bonds. The van der Waals surface area contributed by atoms with Crippen molar-refractivity contribution in [2.75, 3.05) is 0 Å². The third-order valence-electron chi connectivity index (χ3n) is 2.33. The van der Waals surface area contributed by atoms with Crippen LogP contribution in [-0.2, 0) is 5.41 Å². The van der Waals surface area contributed by atoms with Gasteiger partial charge in [-0.2, -0.15) is 0 Å². The number of halogens is 3. The van der Waals surface area contributed by atoms with Gasteiger partial charge in [0.1, 0.15) is 5.15 Å². The zero-order valence-corrected chi connectivity index (χ0v) is 14.8. The molecule has 96 valence electrons. The topological polar surface area (TPSA) is 25.8 Å². The van der Waals surface area contributed by atoms with Crippen LogP contribution in [0.25, 0.3) is 10.7 Å². The quantitative estimate of drug-likeness (QED) is 0.565. The molecule has 0 aromatic carbocycles. The van der Waals surface area contributed by atoms with Crippen molar-refractivity contribution in [3.05, 3.63) is 31.2 Å². The summed E-state index contributed by atoms with van der Waals surface area (Å²) in [6.45, 7) is 6.32. The van der Waals surface area contributed by atoms with E-state index in [2.05, 4.69) is 62.6 Å². The molecular formula is C12H11Br2ClN2S. The summed E-state index contributed by atoms with van der Waals surface area (Å²) in [5.74, 6) is 0.670. The van der Waals surface area contributed by atoms with Gasteiger partial charge in [-0.3, -0.25) is 0 Å². The minimum atomic E-state index is -0.0486. The molecule has 2 nitrogen and oxygen atoms in total.